The zero-order valence-electron chi connectivity index (χ0n) is 9.76. The van der Waals surface area contributed by atoms with Gasteiger partial charge < -0.3 is 14.6 Å². The smallest absolute Gasteiger partial charge is 0.449 e. The summed E-state index contributed by atoms with van der Waals surface area (Å²) in [6, 6.07) is 0. The van der Waals surface area contributed by atoms with Gasteiger partial charge in [-0.1, -0.05) is 6.58 Å². The molecule has 0 saturated carbocycles. The number of carbonyl (C=O) groups excluding carboxylic acids is 1. The van der Waals surface area contributed by atoms with Crippen molar-refractivity contribution in [3.05, 3.63) is 12.2 Å². The standard InChI is InChI=1S/C10H11F5O4/c1-5(2)7(16)18-3-6-4-19-9(17,8(6,11)12)10(13,14)15/h6,17H,1,3-4H2,2H3. The molecular formula is C10H11F5O4. The predicted octanol–water partition coefficient (Wildman–Crippen LogP) is 1.64. The Morgan fingerprint density at radius 1 is 1.53 bits per heavy atom. The van der Waals surface area contributed by atoms with Crippen molar-refractivity contribution in [3.8, 4) is 0 Å². The predicted molar refractivity (Wildman–Crippen MR) is 51.2 cm³/mol. The quantitative estimate of drug-likeness (QED) is 0.488. The van der Waals surface area contributed by atoms with E-state index in [0.29, 0.717) is 0 Å². The van der Waals surface area contributed by atoms with Crippen LogP contribution in [-0.4, -0.2) is 42.2 Å². The molecule has 2 unspecified atom stereocenters. The van der Waals surface area contributed by atoms with E-state index in [-0.39, 0.29) is 5.57 Å². The SMILES string of the molecule is C=C(C)C(=O)OCC1COC(O)(C(F)(F)F)C1(F)F. The number of ether oxygens (including phenoxy) is 2. The molecule has 0 aromatic heterocycles. The highest BCUT2D eigenvalue weighted by Gasteiger charge is 2.77. The Bertz CT molecular complexity index is 392. The molecule has 0 amide bonds. The van der Waals surface area contributed by atoms with Gasteiger partial charge in [0.25, 0.3) is 0 Å². The van der Waals surface area contributed by atoms with E-state index in [9.17, 15) is 26.7 Å². The van der Waals surface area contributed by atoms with Crippen LogP contribution in [0, 0.1) is 5.92 Å². The molecule has 110 valence electrons. The van der Waals surface area contributed by atoms with E-state index in [1.807, 2.05) is 0 Å². The highest BCUT2D eigenvalue weighted by atomic mass is 19.4. The minimum Gasteiger partial charge on any atom is -0.462 e. The first kappa shape index (κ1) is 15.8. The van der Waals surface area contributed by atoms with Gasteiger partial charge in [-0.25, -0.2) is 4.79 Å². The molecule has 1 N–H and O–H groups in total. The minimum absolute atomic E-state index is 0.0895. The van der Waals surface area contributed by atoms with Crippen molar-refractivity contribution in [1.29, 1.82) is 0 Å². The summed E-state index contributed by atoms with van der Waals surface area (Å²) in [4.78, 5) is 11.0. The lowest BCUT2D eigenvalue weighted by Gasteiger charge is -2.31. The third-order valence-electron chi connectivity index (χ3n) is 2.61. The molecule has 19 heavy (non-hydrogen) atoms. The van der Waals surface area contributed by atoms with Crippen LogP contribution in [0.5, 0.6) is 0 Å². The van der Waals surface area contributed by atoms with Crippen LogP contribution in [0.15, 0.2) is 12.2 Å². The highest BCUT2D eigenvalue weighted by Crippen LogP contribution is 2.51. The highest BCUT2D eigenvalue weighted by molar-refractivity contribution is 5.86. The summed E-state index contributed by atoms with van der Waals surface area (Å²) in [6.45, 7) is 2.32. The lowest BCUT2D eigenvalue weighted by atomic mass is 9.98. The van der Waals surface area contributed by atoms with Crippen LogP contribution in [0.3, 0.4) is 0 Å². The van der Waals surface area contributed by atoms with Crippen LogP contribution in [0.4, 0.5) is 22.0 Å². The van der Waals surface area contributed by atoms with Crippen molar-refractivity contribution < 1.29 is 41.3 Å². The fraction of sp³-hybridized carbons (Fsp3) is 0.700. The number of rotatable bonds is 3. The first-order valence-corrected chi connectivity index (χ1v) is 5.07. The summed E-state index contributed by atoms with van der Waals surface area (Å²) in [7, 11) is 0. The van der Waals surface area contributed by atoms with Crippen LogP contribution < -0.4 is 0 Å². The second-order valence-corrected chi connectivity index (χ2v) is 4.15. The van der Waals surface area contributed by atoms with Gasteiger partial charge >= 0.3 is 23.9 Å². The molecule has 0 aromatic carbocycles. The van der Waals surface area contributed by atoms with Gasteiger partial charge in [-0.2, -0.15) is 22.0 Å². The molecule has 1 aliphatic rings. The van der Waals surface area contributed by atoms with E-state index in [0.717, 1.165) is 0 Å². The summed E-state index contributed by atoms with van der Waals surface area (Å²) < 4.78 is 72.2. The molecule has 1 saturated heterocycles. The molecule has 1 rings (SSSR count). The monoisotopic (exact) mass is 290 g/mol. The Morgan fingerprint density at radius 3 is 2.42 bits per heavy atom. The number of carbonyl (C=O) groups is 1. The largest absolute Gasteiger partial charge is 0.462 e. The van der Waals surface area contributed by atoms with E-state index in [4.69, 9.17) is 5.11 Å². The van der Waals surface area contributed by atoms with Gasteiger partial charge in [0.05, 0.1) is 12.5 Å². The van der Waals surface area contributed by atoms with Gasteiger partial charge in [0.2, 0.25) is 0 Å². The van der Waals surface area contributed by atoms with Crippen LogP contribution in [0.1, 0.15) is 6.92 Å². The molecule has 0 aliphatic carbocycles. The normalized spacial score (nSPS) is 30.2. The molecule has 1 heterocycles. The molecule has 0 bridgehead atoms. The molecule has 0 aromatic rings. The van der Waals surface area contributed by atoms with Gasteiger partial charge in [0.1, 0.15) is 6.61 Å². The Kier molecular flexibility index (Phi) is 3.93. The summed E-state index contributed by atoms with van der Waals surface area (Å²) in [5.41, 5.74) is -0.0895. The Labute approximate surface area is 104 Å². The Balaban J connectivity index is 2.81. The summed E-state index contributed by atoms with van der Waals surface area (Å²) >= 11 is 0. The zero-order chi connectivity index (χ0) is 15.1. The summed E-state index contributed by atoms with van der Waals surface area (Å²) in [6.07, 6.45) is -5.66. The van der Waals surface area contributed by atoms with Crippen molar-refractivity contribution in [2.75, 3.05) is 13.2 Å². The fourth-order valence-electron chi connectivity index (χ4n) is 1.42. The van der Waals surface area contributed by atoms with E-state index >= 15 is 0 Å². The van der Waals surface area contributed by atoms with Crippen molar-refractivity contribution in [2.45, 2.75) is 24.8 Å². The number of halogens is 5. The number of alkyl halides is 5. The van der Waals surface area contributed by atoms with Gasteiger partial charge in [-0.3, -0.25) is 0 Å². The average molecular weight is 290 g/mol. The van der Waals surface area contributed by atoms with E-state index in [1.165, 1.54) is 6.92 Å². The van der Waals surface area contributed by atoms with Crippen molar-refractivity contribution >= 4 is 5.97 Å². The van der Waals surface area contributed by atoms with E-state index in [1.54, 1.807) is 0 Å². The molecule has 1 aliphatic heterocycles. The van der Waals surface area contributed by atoms with Gasteiger partial charge in [-0.15, -0.1) is 0 Å². The maximum atomic E-state index is 13.5. The van der Waals surface area contributed by atoms with Crippen molar-refractivity contribution in [3.63, 3.8) is 0 Å². The second kappa shape index (κ2) is 4.71. The Hall–Kier alpha value is -1.22. The topological polar surface area (TPSA) is 55.8 Å². The maximum absolute atomic E-state index is 13.5. The molecule has 0 spiro atoms. The van der Waals surface area contributed by atoms with Gasteiger partial charge in [0, 0.05) is 5.57 Å². The van der Waals surface area contributed by atoms with E-state index < -0.39 is 43.0 Å². The maximum Gasteiger partial charge on any atom is 0.449 e. The fourth-order valence-corrected chi connectivity index (χ4v) is 1.42. The summed E-state index contributed by atoms with van der Waals surface area (Å²) in [5.74, 6) is -12.3. The first-order chi connectivity index (χ1) is 8.43. The lowest BCUT2D eigenvalue weighted by Crippen LogP contribution is -2.58. The van der Waals surface area contributed by atoms with Gasteiger partial charge in [0.15, 0.2) is 0 Å². The van der Waals surface area contributed by atoms with Gasteiger partial charge in [-0.05, 0) is 6.92 Å². The Morgan fingerprint density at radius 2 is 2.05 bits per heavy atom. The zero-order valence-corrected chi connectivity index (χ0v) is 9.76. The third-order valence-corrected chi connectivity index (χ3v) is 2.61. The van der Waals surface area contributed by atoms with Crippen LogP contribution >= 0.6 is 0 Å². The molecule has 1 fully saturated rings. The number of esters is 1. The van der Waals surface area contributed by atoms with Crippen LogP contribution in [0.25, 0.3) is 0 Å². The number of aliphatic hydroxyl groups is 1. The minimum atomic E-state index is -5.66. The summed E-state index contributed by atoms with van der Waals surface area (Å²) in [5, 5.41) is 8.95. The molecule has 2 atom stereocenters. The third kappa shape index (κ3) is 2.57. The first-order valence-electron chi connectivity index (χ1n) is 5.07. The average Bonchev–Trinajstić information content (AvgIpc) is 2.48. The molecular weight excluding hydrogens is 279 g/mol. The lowest BCUT2D eigenvalue weighted by molar-refractivity contribution is -0.404. The number of hydrogen-bond donors (Lipinski definition) is 1. The molecule has 0 radical (unpaired) electrons. The second-order valence-electron chi connectivity index (χ2n) is 4.15. The molecule has 4 nitrogen and oxygen atoms in total. The number of hydrogen-bond acceptors (Lipinski definition) is 4. The van der Waals surface area contributed by atoms with Crippen molar-refractivity contribution in [2.24, 2.45) is 5.92 Å². The van der Waals surface area contributed by atoms with E-state index in [2.05, 4.69) is 16.1 Å². The molecule has 9 heteroatoms. The van der Waals surface area contributed by atoms with Crippen LogP contribution in [0.2, 0.25) is 0 Å². The van der Waals surface area contributed by atoms with Crippen LogP contribution in [-0.2, 0) is 14.3 Å². The van der Waals surface area contributed by atoms with Crippen molar-refractivity contribution in [1.82, 2.24) is 0 Å².